The summed E-state index contributed by atoms with van der Waals surface area (Å²) in [7, 11) is 0. The van der Waals surface area contributed by atoms with Crippen molar-refractivity contribution in [2.75, 3.05) is 11.9 Å². The van der Waals surface area contributed by atoms with Crippen LogP contribution in [0.15, 0.2) is 24.3 Å². The molecule has 0 aliphatic rings. The van der Waals surface area contributed by atoms with Crippen LogP contribution >= 0.6 is 0 Å². The van der Waals surface area contributed by atoms with Gasteiger partial charge in [-0.05, 0) is 50.3 Å². The molecule has 0 fully saturated rings. The highest BCUT2D eigenvalue weighted by molar-refractivity contribution is 5.78. The van der Waals surface area contributed by atoms with Crippen LogP contribution in [-0.4, -0.2) is 18.5 Å². The van der Waals surface area contributed by atoms with Crippen molar-refractivity contribution in [3.05, 3.63) is 29.8 Å². The Morgan fingerprint density at radius 3 is 2.30 bits per heavy atom. The van der Waals surface area contributed by atoms with E-state index in [1.54, 1.807) is 0 Å². The number of amides is 1. The lowest BCUT2D eigenvalue weighted by Gasteiger charge is -2.16. The van der Waals surface area contributed by atoms with Crippen LogP contribution in [0.3, 0.4) is 0 Å². The van der Waals surface area contributed by atoms with Crippen LogP contribution in [0.5, 0.6) is 0 Å². The van der Waals surface area contributed by atoms with Crippen LogP contribution in [0, 0.1) is 5.92 Å². The van der Waals surface area contributed by atoms with Crippen LogP contribution in [0.25, 0.3) is 0 Å². The zero-order valence-electron chi connectivity index (χ0n) is 13.2. The van der Waals surface area contributed by atoms with Gasteiger partial charge in [0.2, 0.25) is 5.91 Å². The largest absolute Gasteiger partial charge is 0.383 e. The van der Waals surface area contributed by atoms with E-state index in [-0.39, 0.29) is 5.91 Å². The Morgan fingerprint density at radius 2 is 1.75 bits per heavy atom. The van der Waals surface area contributed by atoms with Gasteiger partial charge in [-0.3, -0.25) is 4.79 Å². The molecular weight excluding hydrogens is 248 g/mol. The standard InChI is InChI=1S/C17H28N2O/c1-5-18-17(20)12-15-8-10-16(11-9-15)19-14(4)7-6-13(2)3/h8-11,13-14,19H,5-7,12H2,1-4H3,(H,18,20). The van der Waals surface area contributed by atoms with E-state index in [1.807, 2.05) is 19.1 Å². The molecule has 3 heteroatoms. The minimum absolute atomic E-state index is 0.0820. The molecule has 2 N–H and O–H groups in total. The maximum atomic E-state index is 11.5. The molecule has 0 aromatic heterocycles. The number of carbonyl (C=O) groups is 1. The third-order valence-electron chi connectivity index (χ3n) is 3.28. The molecule has 112 valence electrons. The van der Waals surface area contributed by atoms with Gasteiger partial charge in [-0.2, -0.15) is 0 Å². The maximum Gasteiger partial charge on any atom is 0.224 e. The minimum Gasteiger partial charge on any atom is -0.383 e. The van der Waals surface area contributed by atoms with Gasteiger partial charge in [0, 0.05) is 18.3 Å². The van der Waals surface area contributed by atoms with Crippen molar-refractivity contribution in [2.24, 2.45) is 5.92 Å². The molecule has 0 saturated heterocycles. The molecule has 3 nitrogen and oxygen atoms in total. The predicted octanol–water partition coefficient (Wildman–Crippen LogP) is 3.60. The summed E-state index contributed by atoms with van der Waals surface area (Å²) in [5.41, 5.74) is 2.18. The second kappa shape index (κ2) is 8.62. The zero-order chi connectivity index (χ0) is 15.0. The van der Waals surface area contributed by atoms with Gasteiger partial charge in [-0.25, -0.2) is 0 Å². The summed E-state index contributed by atoms with van der Waals surface area (Å²) in [6.07, 6.45) is 2.87. The lowest BCUT2D eigenvalue weighted by Crippen LogP contribution is -2.24. The average Bonchev–Trinajstić information content (AvgIpc) is 2.39. The fourth-order valence-electron chi connectivity index (χ4n) is 2.10. The van der Waals surface area contributed by atoms with Crippen LogP contribution in [0.4, 0.5) is 5.69 Å². The normalized spacial score (nSPS) is 12.2. The first kappa shape index (κ1) is 16.5. The summed E-state index contributed by atoms with van der Waals surface area (Å²) in [5.74, 6) is 0.831. The highest BCUT2D eigenvalue weighted by Gasteiger charge is 2.05. The Labute approximate surface area is 123 Å². The summed E-state index contributed by atoms with van der Waals surface area (Å²) in [5, 5.41) is 6.32. The molecule has 0 radical (unpaired) electrons. The molecule has 1 amide bonds. The van der Waals surface area contributed by atoms with E-state index in [2.05, 4.69) is 43.5 Å². The minimum atomic E-state index is 0.0820. The van der Waals surface area contributed by atoms with Crippen molar-refractivity contribution in [1.82, 2.24) is 5.32 Å². The van der Waals surface area contributed by atoms with Gasteiger partial charge in [0.05, 0.1) is 6.42 Å². The molecular formula is C17H28N2O. The monoisotopic (exact) mass is 276 g/mol. The molecule has 0 aliphatic carbocycles. The van der Waals surface area contributed by atoms with Crippen LogP contribution in [0.2, 0.25) is 0 Å². The van der Waals surface area contributed by atoms with Crippen LogP contribution in [0.1, 0.15) is 46.1 Å². The first-order valence-corrected chi connectivity index (χ1v) is 7.63. The SMILES string of the molecule is CCNC(=O)Cc1ccc(NC(C)CCC(C)C)cc1. The maximum absolute atomic E-state index is 11.5. The number of rotatable bonds is 8. The second-order valence-electron chi connectivity index (χ2n) is 5.84. The molecule has 0 bridgehead atoms. The molecule has 1 rings (SSSR count). The van der Waals surface area contributed by atoms with E-state index in [0.717, 1.165) is 17.2 Å². The number of hydrogen-bond donors (Lipinski definition) is 2. The summed E-state index contributed by atoms with van der Waals surface area (Å²) in [4.78, 5) is 11.5. The van der Waals surface area contributed by atoms with E-state index in [0.29, 0.717) is 19.0 Å². The first-order valence-electron chi connectivity index (χ1n) is 7.63. The lowest BCUT2D eigenvalue weighted by atomic mass is 10.0. The molecule has 1 atom stereocenters. The van der Waals surface area contributed by atoms with E-state index >= 15 is 0 Å². The van der Waals surface area contributed by atoms with Crippen molar-refractivity contribution in [3.8, 4) is 0 Å². The van der Waals surface area contributed by atoms with Gasteiger partial charge in [0.25, 0.3) is 0 Å². The van der Waals surface area contributed by atoms with E-state index in [4.69, 9.17) is 0 Å². The van der Waals surface area contributed by atoms with Crippen LogP contribution < -0.4 is 10.6 Å². The second-order valence-corrected chi connectivity index (χ2v) is 5.84. The van der Waals surface area contributed by atoms with Gasteiger partial charge < -0.3 is 10.6 Å². The van der Waals surface area contributed by atoms with Gasteiger partial charge in [0.15, 0.2) is 0 Å². The molecule has 1 aromatic carbocycles. The fraction of sp³-hybridized carbons (Fsp3) is 0.588. The third-order valence-corrected chi connectivity index (χ3v) is 3.28. The van der Waals surface area contributed by atoms with E-state index in [1.165, 1.54) is 12.8 Å². The van der Waals surface area contributed by atoms with Crippen molar-refractivity contribution in [2.45, 2.75) is 53.0 Å². The highest BCUT2D eigenvalue weighted by atomic mass is 16.1. The van der Waals surface area contributed by atoms with E-state index < -0.39 is 0 Å². The molecule has 0 spiro atoms. The Balaban J connectivity index is 2.43. The van der Waals surface area contributed by atoms with Gasteiger partial charge in [-0.1, -0.05) is 26.0 Å². The average molecular weight is 276 g/mol. The topological polar surface area (TPSA) is 41.1 Å². The Hall–Kier alpha value is -1.51. The van der Waals surface area contributed by atoms with Gasteiger partial charge in [0.1, 0.15) is 0 Å². The highest BCUT2D eigenvalue weighted by Crippen LogP contribution is 2.14. The Kier molecular flexibility index (Phi) is 7.13. The lowest BCUT2D eigenvalue weighted by molar-refractivity contribution is -0.120. The van der Waals surface area contributed by atoms with Gasteiger partial charge in [-0.15, -0.1) is 0 Å². The van der Waals surface area contributed by atoms with Crippen molar-refractivity contribution >= 4 is 11.6 Å². The van der Waals surface area contributed by atoms with Crippen molar-refractivity contribution in [1.29, 1.82) is 0 Å². The molecule has 1 unspecified atom stereocenters. The summed E-state index contributed by atoms with van der Waals surface area (Å²) >= 11 is 0. The summed E-state index contributed by atoms with van der Waals surface area (Å²) in [6.45, 7) is 9.34. The smallest absolute Gasteiger partial charge is 0.224 e. The first-order chi connectivity index (χ1) is 9.51. The van der Waals surface area contributed by atoms with Crippen molar-refractivity contribution in [3.63, 3.8) is 0 Å². The Bertz CT molecular complexity index is 398. The fourth-order valence-corrected chi connectivity index (χ4v) is 2.10. The molecule has 0 heterocycles. The quantitative estimate of drug-likeness (QED) is 0.761. The summed E-state index contributed by atoms with van der Waals surface area (Å²) in [6, 6.07) is 8.63. The molecule has 20 heavy (non-hydrogen) atoms. The molecule has 0 saturated carbocycles. The molecule has 1 aromatic rings. The predicted molar refractivity (Wildman–Crippen MR) is 86.0 cm³/mol. The van der Waals surface area contributed by atoms with Crippen LogP contribution in [-0.2, 0) is 11.2 Å². The number of benzene rings is 1. The van der Waals surface area contributed by atoms with Gasteiger partial charge >= 0.3 is 0 Å². The number of nitrogens with one attached hydrogen (secondary N) is 2. The third kappa shape index (κ3) is 6.60. The van der Waals surface area contributed by atoms with Crippen molar-refractivity contribution < 1.29 is 4.79 Å². The number of hydrogen-bond acceptors (Lipinski definition) is 2. The summed E-state index contributed by atoms with van der Waals surface area (Å²) < 4.78 is 0. The molecule has 0 aliphatic heterocycles. The Morgan fingerprint density at radius 1 is 1.10 bits per heavy atom. The number of anilines is 1. The number of carbonyl (C=O) groups excluding carboxylic acids is 1. The zero-order valence-corrected chi connectivity index (χ0v) is 13.2. The number of likely N-dealkylation sites (N-methyl/N-ethyl adjacent to an activating group) is 1. The van der Waals surface area contributed by atoms with E-state index in [9.17, 15) is 4.79 Å².